The molecule has 2 saturated carbocycles. The Balaban J connectivity index is 1.20. The molecule has 0 amide bonds. The quantitative estimate of drug-likeness (QED) is 0.0475. The summed E-state index contributed by atoms with van der Waals surface area (Å²) < 4.78 is 12.2. The molecule has 8 rings (SSSR count). The molecule has 6 aromatic rings. The minimum absolute atomic E-state index is 0.00591. The highest BCUT2D eigenvalue weighted by Crippen LogP contribution is 2.47. The molecule has 7 N–H and O–H groups in total. The van der Waals surface area contributed by atoms with E-state index in [2.05, 4.69) is 41.5 Å². The first-order chi connectivity index (χ1) is 31.0. The SMILES string of the molecule is CCc1ccc2ccccc2c1Cc1c(C[C@H](Cc2cc[nH]c2)[C@H](O)[C@@H]2CC[C@H](O)[C@@](Cc3ccc(O)c(OC4CCCC4)c3)(c3cc(O)cc(CNC)c3)C2=O)ccc(O)c1OC. The summed E-state index contributed by atoms with van der Waals surface area (Å²) >= 11 is 0. The number of aliphatic hydroxyl groups excluding tert-OH is 2. The normalized spacial score (nSPS) is 20.1. The number of aryl methyl sites for hydroxylation is 1. The third-order valence-electron chi connectivity index (χ3n) is 14.0. The number of phenols is 3. The van der Waals surface area contributed by atoms with Crippen LogP contribution in [0, 0.1) is 11.8 Å². The van der Waals surface area contributed by atoms with E-state index in [1.54, 1.807) is 50.6 Å². The number of carbonyl (C=O) groups excluding carboxylic acids is 1. The maximum absolute atomic E-state index is 15.8. The molecule has 2 fully saturated rings. The molecule has 0 radical (unpaired) electrons. The number of aliphatic hydroxyl groups is 2. The number of hydrogen-bond acceptors (Lipinski definition) is 9. The van der Waals surface area contributed by atoms with Crippen LogP contribution in [0.1, 0.15) is 90.0 Å². The van der Waals surface area contributed by atoms with Gasteiger partial charge in [0.15, 0.2) is 28.8 Å². The summed E-state index contributed by atoms with van der Waals surface area (Å²) in [4.78, 5) is 18.9. The van der Waals surface area contributed by atoms with Crippen molar-refractivity contribution in [2.24, 2.45) is 11.8 Å². The molecular weight excluding hydrogens is 805 g/mol. The Bertz CT molecular complexity index is 2570. The molecule has 1 aromatic heterocycles. The predicted octanol–water partition coefficient (Wildman–Crippen LogP) is 8.77. The highest BCUT2D eigenvalue weighted by molar-refractivity contribution is 5.95. The second-order valence-corrected chi connectivity index (χ2v) is 18.0. The van der Waals surface area contributed by atoms with Crippen molar-refractivity contribution in [3.8, 4) is 28.7 Å². The third-order valence-corrected chi connectivity index (χ3v) is 14.0. The number of hydrogen-bond donors (Lipinski definition) is 7. The third kappa shape index (κ3) is 9.09. The molecule has 0 aliphatic heterocycles. The Morgan fingerprint density at radius 2 is 1.61 bits per heavy atom. The lowest BCUT2D eigenvalue weighted by atomic mass is 9.58. The zero-order valence-electron chi connectivity index (χ0n) is 37.1. The number of methoxy groups -OCH3 is 1. The fourth-order valence-corrected chi connectivity index (χ4v) is 10.8. The second-order valence-electron chi connectivity index (χ2n) is 18.0. The first kappa shape index (κ1) is 44.8. The standard InChI is InChI=1S/C54H62N2O8/c1-4-36-14-15-37-9-5-8-12-43(37)45(36)29-46-38(16-19-48(59)52(46)63-3)27-39(23-34-21-22-56-32-34)51(61)44-17-20-50(60)54(53(44)62,40-24-35(31-55-2)25-41(57)28-40)30-33-13-18-47(58)49(26-33)64-42-10-6-7-11-42/h5,8-9,12-16,18-19,21-22,24-26,28,32,39,42,44,50-51,55-61H,4,6-7,10-11,17,20,23,27,29-31H2,1-3H3/t39-,44-,50-,51-,54+/m0/s1. The number of ether oxygens (including phenoxy) is 2. The van der Waals surface area contributed by atoms with Gasteiger partial charge in [0.05, 0.1) is 30.8 Å². The first-order valence-corrected chi connectivity index (χ1v) is 22.9. The highest BCUT2D eigenvalue weighted by Gasteiger charge is 2.54. The zero-order chi connectivity index (χ0) is 45.0. The van der Waals surface area contributed by atoms with Gasteiger partial charge < -0.3 is 45.3 Å². The molecule has 1 heterocycles. The maximum atomic E-state index is 15.8. The molecule has 10 heteroatoms. The van der Waals surface area contributed by atoms with Gasteiger partial charge in [0.1, 0.15) is 5.75 Å². The molecule has 336 valence electrons. The van der Waals surface area contributed by atoms with Crippen molar-refractivity contribution in [3.63, 3.8) is 0 Å². The van der Waals surface area contributed by atoms with Crippen LogP contribution in [-0.4, -0.2) is 68.8 Å². The van der Waals surface area contributed by atoms with Crippen molar-refractivity contribution < 1.29 is 39.8 Å². The number of aromatic nitrogens is 1. The van der Waals surface area contributed by atoms with Crippen LogP contribution in [0.3, 0.4) is 0 Å². The average molecular weight is 867 g/mol. The van der Waals surface area contributed by atoms with Gasteiger partial charge in [-0.3, -0.25) is 4.79 Å². The summed E-state index contributed by atoms with van der Waals surface area (Å²) in [6.45, 7) is 2.56. The largest absolute Gasteiger partial charge is 0.508 e. The van der Waals surface area contributed by atoms with Gasteiger partial charge >= 0.3 is 0 Å². The Kier molecular flexibility index (Phi) is 13.7. The van der Waals surface area contributed by atoms with Gasteiger partial charge in [-0.25, -0.2) is 0 Å². The van der Waals surface area contributed by atoms with E-state index >= 15 is 4.79 Å². The summed E-state index contributed by atoms with van der Waals surface area (Å²) in [5, 5.41) is 63.9. The van der Waals surface area contributed by atoms with Crippen molar-refractivity contribution in [2.45, 2.75) is 108 Å². The molecule has 0 bridgehead atoms. The zero-order valence-corrected chi connectivity index (χ0v) is 37.1. The predicted molar refractivity (Wildman–Crippen MR) is 249 cm³/mol. The Morgan fingerprint density at radius 3 is 2.36 bits per heavy atom. The van der Waals surface area contributed by atoms with Crippen molar-refractivity contribution in [1.82, 2.24) is 10.3 Å². The first-order valence-electron chi connectivity index (χ1n) is 22.9. The summed E-state index contributed by atoms with van der Waals surface area (Å²) in [6, 6.07) is 28.3. The Morgan fingerprint density at radius 1 is 0.828 bits per heavy atom. The monoisotopic (exact) mass is 866 g/mol. The van der Waals surface area contributed by atoms with E-state index in [0.717, 1.165) is 70.7 Å². The smallest absolute Gasteiger partial charge is 0.164 e. The van der Waals surface area contributed by atoms with Gasteiger partial charge in [0.25, 0.3) is 0 Å². The number of phenolic OH excluding ortho intramolecular Hbond substituents is 3. The lowest BCUT2D eigenvalue weighted by Crippen LogP contribution is -2.57. The molecule has 5 aromatic carbocycles. The van der Waals surface area contributed by atoms with Crippen LogP contribution >= 0.6 is 0 Å². The van der Waals surface area contributed by atoms with E-state index < -0.39 is 29.5 Å². The van der Waals surface area contributed by atoms with Crippen molar-refractivity contribution >= 4 is 16.6 Å². The molecule has 64 heavy (non-hydrogen) atoms. The van der Waals surface area contributed by atoms with E-state index in [0.29, 0.717) is 48.4 Å². The number of ketones is 1. The topological polar surface area (TPSA) is 164 Å². The molecule has 5 atom stereocenters. The number of carbonyl (C=O) groups is 1. The number of H-pyrrole nitrogens is 1. The van der Waals surface area contributed by atoms with Gasteiger partial charge in [-0.2, -0.15) is 0 Å². The summed E-state index contributed by atoms with van der Waals surface area (Å²) in [6.07, 6.45) is 7.98. The van der Waals surface area contributed by atoms with Crippen LogP contribution in [0.4, 0.5) is 0 Å². The lowest BCUT2D eigenvalue weighted by molar-refractivity contribution is -0.144. The van der Waals surface area contributed by atoms with Gasteiger partial charge in [0.2, 0.25) is 0 Å². The van der Waals surface area contributed by atoms with Gasteiger partial charge in [-0.15, -0.1) is 0 Å². The number of nitrogens with one attached hydrogen (secondary N) is 2. The minimum Gasteiger partial charge on any atom is -0.508 e. The van der Waals surface area contributed by atoms with Crippen LogP contribution in [-0.2, 0) is 48.9 Å². The lowest BCUT2D eigenvalue weighted by Gasteiger charge is -2.46. The van der Waals surface area contributed by atoms with Crippen molar-refractivity contribution in [3.05, 3.63) is 148 Å². The van der Waals surface area contributed by atoms with E-state index in [-0.39, 0.29) is 48.4 Å². The number of fused-ring (bicyclic) bond motifs is 1. The summed E-state index contributed by atoms with van der Waals surface area (Å²) in [5.74, 6) is -0.959. The van der Waals surface area contributed by atoms with Gasteiger partial charge in [-0.05, 0) is 163 Å². The minimum atomic E-state index is -1.57. The number of rotatable bonds is 17. The van der Waals surface area contributed by atoms with Crippen LogP contribution in [0.15, 0.2) is 103 Å². The maximum Gasteiger partial charge on any atom is 0.164 e. The van der Waals surface area contributed by atoms with E-state index in [1.807, 2.05) is 42.7 Å². The second kappa shape index (κ2) is 19.5. The summed E-state index contributed by atoms with van der Waals surface area (Å²) in [7, 11) is 3.37. The van der Waals surface area contributed by atoms with E-state index in [1.165, 1.54) is 5.56 Å². The van der Waals surface area contributed by atoms with Crippen molar-refractivity contribution in [2.75, 3.05) is 14.2 Å². The van der Waals surface area contributed by atoms with E-state index in [9.17, 15) is 25.5 Å². The molecule has 0 spiro atoms. The molecule has 10 nitrogen and oxygen atoms in total. The summed E-state index contributed by atoms with van der Waals surface area (Å²) in [5.41, 5.74) is 5.33. The van der Waals surface area contributed by atoms with Gasteiger partial charge in [0, 0.05) is 36.8 Å². The molecule has 2 aliphatic rings. The highest BCUT2D eigenvalue weighted by atomic mass is 16.5. The number of aromatic amines is 1. The molecule has 0 saturated heterocycles. The molecular formula is C54H62N2O8. The fourth-order valence-electron chi connectivity index (χ4n) is 10.8. The Labute approximate surface area is 375 Å². The molecule has 2 aliphatic carbocycles. The number of aromatic hydroxyl groups is 3. The molecule has 0 unspecified atom stereocenters. The average Bonchev–Trinajstić information content (AvgIpc) is 4.02. The van der Waals surface area contributed by atoms with Gasteiger partial charge in [-0.1, -0.05) is 61.5 Å². The fraction of sp³-hybridized carbons (Fsp3) is 0.389. The Hall–Kier alpha value is -5.81. The van der Waals surface area contributed by atoms with Crippen LogP contribution in [0.5, 0.6) is 28.7 Å². The van der Waals surface area contributed by atoms with Crippen LogP contribution in [0.2, 0.25) is 0 Å². The van der Waals surface area contributed by atoms with Crippen LogP contribution in [0.25, 0.3) is 10.8 Å². The number of benzene rings is 5. The number of Topliss-reactive ketones (excluding diaryl/α,β-unsaturated/α-hetero) is 1. The van der Waals surface area contributed by atoms with Crippen molar-refractivity contribution in [1.29, 1.82) is 0 Å². The van der Waals surface area contributed by atoms with E-state index in [4.69, 9.17) is 9.47 Å². The van der Waals surface area contributed by atoms with Crippen LogP contribution < -0.4 is 14.8 Å².